The van der Waals surface area contributed by atoms with Crippen molar-refractivity contribution >= 4 is 16.8 Å². The number of nitrogens with zero attached hydrogens (tertiary/aromatic N) is 3. The summed E-state index contributed by atoms with van der Waals surface area (Å²) in [4.78, 5) is 16.6. The van der Waals surface area contributed by atoms with Gasteiger partial charge in [-0.15, -0.1) is 0 Å². The summed E-state index contributed by atoms with van der Waals surface area (Å²) < 4.78 is 7.36. The number of hydrogen-bond donors (Lipinski definition) is 1. The van der Waals surface area contributed by atoms with Crippen molar-refractivity contribution in [1.29, 1.82) is 5.26 Å². The van der Waals surface area contributed by atoms with Crippen molar-refractivity contribution < 1.29 is 9.53 Å². The van der Waals surface area contributed by atoms with Crippen molar-refractivity contribution in [2.45, 2.75) is 12.8 Å². The summed E-state index contributed by atoms with van der Waals surface area (Å²) >= 11 is 0. The van der Waals surface area contributed by atoms with Crippen molar-refractivity contribution in [3.63, 3.8) is 0 Å². The van der Waals surface area contributed by atoms with Crippen molar-refractivity contribution in [3.05, 3.63) is 71.5 Å². The third-order valence-electron chi connectivity index (χ3n) is 4.36. The lowest BCUT2D eigenvalue weighted by atomic mass is 9.88. The highest BCUT2D eigenvalue weighted by atomic mass is 16.5. The number of allylic oxidation sites excluding steroid dienone is 1. The molecule has 0 saturated heterocycles. The summed E-state index contributed by atoms with van der Waals surface area (Å²) in [6.07, 6.45) is 3.33. The molecule has 1 aliphatic rings. The molecule has 4 rings (SSSR count). The van der Waals surface area contributed by atoms with Gasteiger partial charge in [0.05, 0.1) is 17.1 Å². The molecule has 2 N–H and O–H groups in total. The number of fused-ring (bicyclic) bond motifs is 3. The normalized spacial score (nSPS) is 16.2. The van der Waals surface area contributed by atoms with Crippen LogP contribution in [0.1, 0.15) is 28.9 Å². The van der Waals surface area contributed by atoms with Crippen LogP contribution in [0.4, 0.5) is 0 Å². The first-order valence-electron chi connectivity index (χ1n) is 7.75. The van der Waals surface area contributed by atoms with E-state index < -0.39 is 5.92 Å². The number of ether oxygens (including phenoxy) is 1. The molecule has 0 unspecified atom stereocenters. The molecule has 0 aliphatic carbocycles. The Hall–Kier alpha value is -3.59. The fraction of sp³-hybridized carbons (Fsp3) is 0.105. The maximum atomic E-state index is 12.4. The Kier molecular flexibility index (Phi) is 3.29. The maximum absolute atomic E-state index is 12.4. The van der Waals surface area contributed by atoms with E-state index in [1.807, 2.05) is 30.3 Å². The molecule has 1 atom stereocenters. The average Bonchev–Trinajstić information content (AvgIpc) is 2.95. The lowest BCUT2D eigenvalue weighted by Crippen LogP contribution is -2.24. The molecule has 122 valence electrons. The molecule has 0 spiro atoms. The lowest BCUT2D eigenvalue weighted by Gasteiger charge is -2.25. The van der Waals surface area contributed by atoms with Crippen LogP contribution in [0.15, 0.2) is 60.2 Å². The van der Waals surface area contributed by atoms with E-state index in [-0.39, 0.29) is 17.4 Å². The van der Waals surface area contributed by atoms with Crippen molar-refractivity contribution in [2.24, 2.45) is 5.73 Å². The van der Waals surface area contributed by atoms with Gasteiger partial charge < -0.3 is 10.5 Å². The number of rotatable bonds is 1. The third-order valence-corrected chi connectivity index (χ3v) is 4.36. The fourth-order valence-electron chi connectivity index (χ4n) is 3.37. The molecule has 25 heavy (non-hydrogen) atoms. The Morgan fingerprint density at radius 1 is 1.32 bits per heavy atom. The minimum absolute atomic E-state index is 0.0512. The summed E-state index contributed by atoms with van der Waals surface area (Å²) in [7, 11) is 0. The Bertz CT molecular complexity index is 1070. The quantitative estimate of drug-likeness (QED) is 0.740. The van der Waals surface area contributed by atoms with Crippen molar-refractivity contribution in [2.75, 3.05) is 0 Å². The van der Waals surface area contributed by atoms with Crippen LogP contribution < -0.4 is 10.5 Å². The molecule has 0 fully saturated rings. The highest BCUT2D eigenvalue weighted by Gasteiger charge is 2.36. The molecule has 0 amide bonds. The monoisotopic (exact) mass is 330 g/mol. The topological polar surface area (TPSA) is 93.9 Å². The summed E-state index contributed by atoms with van der Waals surface area (Å²) in [5.74, 6) is -0.113. The Balaban J connectivity index is 2.13. The van der Waals surface area contributed by atoms with Gasteiger partial charge in [0, 0.05) is 24.7 Å². The number of para-hydroxylation sites is 1. The molecule has 1 aromatic carbocycles. The number of benzene rings is 1. The van der Waals surface area contributed by atoms with E-state index in [4.69, 9.17) is 10.5 Å². The van der Waals surface area contributed by atoms with Gasteiger partial charge in [-0.25, -0.2) is 0 Å². The van der Waals surface area contributed by atoms with E-state index in [2.05, 4.69) is 11.1 Å². The van der Waals surface area contributed by atoms with Gasteiger partial charge in [0.1, 0.15) is 11.6 Å². The number of pyridine rings is 1. The molecule has 1 aliphatic heterocycles. The van der Waals surface area contributed by atoms with Gasteiger partial charge in [-0.1, -0.05) is 18.2 Å². The molecular weight excluding hydrogens is 316 g/mol. The minimum atomic E-state index is -0.515. The standard InChI is InChI=1S/C19H14N4O2/c1-11(24)23-15-7-3-2-6-13(15)18-17(23)16(12-5-4-8-22-10-12)14(9-20)19(21)25-18/h2-8,10,16H,21H2,1H3/t16-/m0/s1. The second-order valence-electron chi connectivity index (χ2n) is 5.80. The summed E-state index contributed by atoms with van der Waals surface area (Å²) in [5, 5.41) is 10.4. The van der Waals surface area contributed by atoms with Crippen LogP contribution in [0, 0.1) is 11.3 Å². The predicted molar refractivity (Wildman–Crippen MR) is 91.8 cm³/mol. The Labute approximate surface area is 143 Å². The Morgan fingerprint density at radius 2 is 2.12 bits per heavy atom. The van der Waals surface area contributed by atoms with E-state index in [1.165, 1.54) is 6.92 Å². The predicted octanol–water partition coefficient (Wildman–Crippen LogP) is 2.91. The van der Waals surface area contributed by atoms with Gasteiger partial charge in [-0.05, 0) is 23.8 Å². The van der Waals surface area contributed by atoms with Crippen LogP contribution in [0.2, 0.25) is 0 Å². The van der Waals surface area contributed by atoms with E-state index in [9.17, 15) is 10.1 Å². The van der Waals surface area contributed by atoms with Gasteiger partial charge in [0.2, 0.25) is 11.8 Å². The molecule has 6 heteroatoms. The first-order valence-corrected chi connectivity index (χ1v) is 7.75. The third kappa shape index (κ3) is 2.10. The first-order chi connectivity index (χ1) is 12.1. The van der Waals surface area contributed by atoms with E-state index >= 15 is 0 Å². The van der Waals surface area contributed by atoms with Crippen LogP contribution in [0.5, 0.6) is 5.75 Å². The molecule has 3 aromatic rings. The van der Waals surface area contributed by atoms with E-state index in [0.29, 0.717) is 11.4 Å². The van der Waals surface area contributed by atoms with E-state index in [0.717, 1.165) is 16.5 Å². The van der Waals surface area contributed by atoms with Crippen molar-refractivity contribution in [1.82, 2.24) is 9.55 Å². The first kappa shape index (κ1) is 15.0. The molecular formula is C19H14N4O2. The molecule has 6 nitrogen and oxygen atoms in total. The van der Waals surface area contributed by atoms with Crippen LogP contribution in [0.25, 0.3) is 10.9 Å². The highest BCUT2D eigenvalue weighted by molar-refractivity contribution is 5.98. The number of carbonyl (C=O) groups excluding carboxylic acids is 1. The number of carbonyl (C=O) groups is 1. The SMILES string of the molecule is CC(=O)n1c2c(c3ccccc31)OC(N)=C(C#N)[C@@H]2c1cccnc1. The summed E-state index contributed by atoms with van der Waals surface area (Å²) in [5.41, 5.74) is 8.40. The minimum Gasteiger partial charge on any atom is -0.438 e. The van der Waals surface area contributed by atoms with Gasteiger partial charge >= 0.3 is 0 Å². The molecule has 3 heterocycles. The molecule has 2 aromatic heterocycles. The second-order valence-corrected chi connectivity index (χ2v) is 5.80. The number of nitriles is 1. The largest absolute Gasteiger partial charge is 0.438 e. The fourth-order valence-corrected chi connectivity index (χ4v) is 3.37. The molecule has 0 saturated carbocycles. The van der Waals surface area contributed by atoms with Gasteiger partial charge in [-0.2, -0.15) is 5.26 Å². The zero-order valence-corrected chi connectivity index (χ0v) is 13.4. The van der Waals surface area contributed by atoms with Gasteiger partial charge in [0.25, 0.3) is 0 Å². The summed E-state index contributed by atoms with van der Waals surface area (Å²) in [6.45, 7) is 1.49. The number of nitrogens with two attached hydrogens (primary N) is 1. The molecule has 0 radical (unpaired) electrons. The van der Waals surface area contributed by atoms with Crippen LogP contribution in [0.3, 0.4) is 0 Å². The lowest BCUT2D eigenvalue weighted by molar-refractivity contribution is 0.0937. The molecule has 0 bridgehead atoms. The number of aromatic nitrogens is 2. The highest BCUT2D eigenvalue weighted by Crippen LogP contribution is 2.46. The van der Waals surface area contributed by atoms with Gasteiger partial charge in [-0.3, -0.25) is 14.3 Å². The van der Waals surface area contributed by atoms with Gasteiger partial charge in [0.15, 0.2) is 5.75 Å². The zero-order valence-electron chi connectivity index (χ0n) is 13.4. The summed E-state index contributed by atoms with van der Waals surface area (Å²) in [6, 6.07) is 13.2. The van der Waals surface area contributed by atoms with Crippen LogP contribution in [-0.2, 0) is 0 Å². The smallest absolute Gasteiger partial charge is 0.228 e. The van der Waals surface area contributed by atoms with Crippen LogP contribution in [-0.4, -0.2) is 15.5 Å². The second kappa shape index (κ2) is 5.49. The number of hydrogen-bond acceptors (Lipinski definition) is 5. The van der Waals surface area contributed by atoms with Crippen LogP contribution >= 0.6 is 0 Å². The zero-order chi connectivity index (χ0) is 17.6. The maximum Gasteiger partial charge on any atom is 0.228 e. The Morgan fingerprint density at radius 3 is 2.80 bits per heavy atom. The average molecular weight is 330 g/mol. The van der Waals surface area contributed by atoms with Crippen molar-refractivity contribution in [3.8, 4) is 11.8 Å². The van der Waals surface area contributed by atoms with E-state index in [1.54, 1.807) is 23.0 Å².